The van der Waals surface area contributed by atoms with Crippen molar-refractivity contribution in [3.8, 4) is 5.75 Å². The molecule has 0 aliphatic rings. The molecule has 4 heteroatoms. The minimum absolute atomic E-state index is 0.345. The predicted molar refractivity (Wildman–Crippen MR) is 79.8 cm³/mol. The molecule has 106 valence electrons. The van der Waals surface area contributed by atoms with Crippen LogP contribution in [0, 0.1) is 12.7 Å². The molecule has 2 rings (SSSR count). The maximum absolute atomic E-state index is 13.9. The molecule has 0 fully saturated rings. The number of aryl methyl sites for hydroxylation is 1. The summed E-state index contributed by atoms with van der Waals surface area (Å²) >= 11 is 6.04. The van der Waals surface area contributed by atoms with Crippen molar-refractivity contribution in [1.29, 1.82) is 0 Å². The molecule has 2 aromatic rings. The van der Waals surface area contributed by atoms with Gasteiger partial charge in [0.1, 0.15) is 11.6 Å². The van der Waals surface area contributed by atoms with Crippen LogP contribution in [-0.2, 0) is 6.42 Å². The van der Waals surface area contributed by atoms with E-state index in [2.05, 4.69) is 0 Å². The fraction of sp³-hybridized carbons (Fsp3) is 0.250. The van der Waals surface area contributed by atoms with E-state index in [9.17, 15) is 4.39 Å². The maximum Gasteiger partial charge on any atom is 0.129 e. The van der Waals surface area contributed by atoms with Crippen molar-refractivity contribution in [2.24, 2.45) is 5.73 Å². The summed E-state index contributed by atoms with van der Waals surface area (Å²) in [5, 5.41) is 0.351. The van der Waals surface area contributed by atoms with Crippen LogP contribution in [-0.4, -0.2) is 7.11 Å². The van der Waals surface area contributed by atoms with Gasteiger partial charge in [-0.1, -0.05) is 35.4 Å². The highest BCUT2D eigenvalue weighted by Crippen LogP contribution is 2.29. The van der Waals surface area contributed by atoms with Gasteiger partial charge >= 0.3 is 0 Å². The normalized spacial score (nSPS) is 12.2. The number of benzene rings is 2. The zero-order chi connectivity index (χ0) is 14.7. The molecule has 0 radical (unpaired) electrons. The molecule has 0 amide bonds. The average Bonchev–Trinajstić information content (AvgIpc) is 2.38. The van der Waals surface area contributed by atoms with E-state index < -0.39 is 6.04 Å². The molecule has 0 saturated carbocycles. The van der Waals surface area contributed by atoms with Gasteiger partial charge in [-0.3, -0.25) is 0 Å². The molecule has 0 aromatic heterocycles. The minimum Gasteiger partial charge on any atom is -0.496 e. The Labute approximate surface area is 123 Å². The molecule has 20 heavy (non-hydrogen) atoms. The van der Waals surface area contributed by atoms with Crippen molar-refractivity contribution in [3.63, 3.8) is 0 Å². The summed E-state index contributed by atoms with van der Waals surface area (Å²) in [6.45, 7) is 1.99. The summed E-state index contributed by atoms with van der Waals surface area (Å²) in [6.07, 6.45) is 0.464. The Kier molecular flexibility index (Phi) is 4.63. The van der Waals surface area contributed by atoms with Crippen molar-refractivity contribution in [2.45, 2.75) is 19.4 Å². The van der Waals surface area contributed by atoms with Crippen LogP contribution in [0.4, 0.5) is 4.39 Å². The lowest BCUT2D eigenvalue weighted by atomic mass is 9.97. The third-order valence-electron chi connectivity index (χ3n) is 3.25. The summed E-state index contributed by atoms with van der Waals surface area (Å²) in [6, 6.07) is 9.92. The maximum atomic E-state index is 13.9. The highest BCUT2D eigenvalue weighted by Gasteiger charge is 2.17. The minimum atomic E-state index is -0.514. The van der Waals surface area contributed by atoms with Crippen LogP contribution in [0.25, 0.3) is 0 Å². The summed E-state index contributed by atoms with van der Waals surface area (Å²) in [4.78, 5) is 0. The highest BCUT2D eigenvalue weighted by atomic mass is 35.5. The van der Waals surface area contributed by atoms with Crippen LogP contribution < -0.4 is 10.5 Å². The lowest BCUT2D eigenvalue weighted by Crippen LogP contribution is -2.16. The summed E-state index contributed by atoms with van der Waals surface area (Å²) in [7, 11) is 1.61. The Balaban J connectivity index is 2.32. The van der Waals surface area contributed by atoms with Crippen molar-refractivity contribution >= 4 is 11.6 Å². The third kappa shape index (κ3) is 3.11. The smallest absolute Gasteiger partial charge is 0.129 e. The fourth-order valence-corrected chi connectivity index (χ4v) is 2.57. The summed E-state index contributed by atoms with van der Waals surface area (Å²) < 4.78 is 19.2. The predicted octanol–water partition coefficient (Wildman–Crippen LogP) is 4.04. The molecule has 0 bridgehead atoms. The Bertz CT molecular complexity index is 595. The highest BCUT2D eigenvalue weighted by molar-refractivity contribution is 6.31. The second kappa shape index (κ2) is 6.25. The van der Waals surface area contributed by atoms with Gasteiger partial charge in [0.05, 0.1) is 7.11 Å². The fourth-order valence-electron chi connectivity index (χ4n) is 2.27. The van der Waals surface area contributed by atoms with Crippen LogP contribution >= 0.6 is 11.6 Å². The van der Waals surface area contributed by atoms with E-state index in [-0.39, 0.29) is 5.82 Å². The van der Waals surface area contributed by atoms with Gasteiger partial charge < -0.3 is 10.5 Å². The second-order valence-corrected chi connectivity index (χ2v) is 5.17. The number of methoxy groups -OCH3 is 1. The van der Waals surface area contributed by atoms with E-state index in [0.717, 1.165) is 16.9 Å². The SMILES string of the molecule is COc1ccc(C)cc1CC(N)c1c(F)cccc1Cl. The molecule has 0 aliphatic carbocycles. The number of rotatable bonds is 4. The molecular weight excluding hydrogens is 277 g/mol. The molecule has 2 N–H and O–H groups in total. The quantitative estimate of drug-likeness (QED) is 0.923. The first-order chi connectivity index (χ1) is 9.52. The van der Waals surface area contributed by atoms with E-state index >= 15 is 0 Å². The van der Waals surface area contributed by atoms with Crippen LogP contribution in [0.2, 0.25) is 5.02 Å². The van der Waals surface area contributed by atoms with Gasteiger partial charge in [-0.25, -0.2) is 4.39 Å². The molecule has 1 unspecified atom stereocenters. The van der Waals surface area contributed by atoms with Gasteiger partial charge in [0, 0.05) is 16.6 Å². The molecule has 2 aromatic carbocycles. The largest absolute Gasteiger partial charge is 0.496 e. The lowest BCUT2D eigenvalue weighted by molar-refractivity contribution is 0.407. The standard InChI is InChI=1S/C16H17ClFNO/c1-10-6-7-15(20-2)11(8-10)9-14(19)16-12(17)4-3-5-13(16)18/h3-8,14H,9,19H2,1-2H3. The van der Waals surface area contributed by atoms with Crippen molar-refractivity contribution in [3.05, 3.63) is 63.9 Å². The van der Waals surface area contributed by atoms with E-state index in [0.29, 0.717) is 17.0 Å². The second-order valence-electron chi connectivity index (χ2n) is 4.76. The first-order valence-electron chi connectivity index (χ1n) is 6.36. The topological polar surface area (TPSA) is 35.2 Å². The number of hydrogen-bond acceptors (Lipinski definition) is 2. The first-order valence-corrected chi connectivity index (χ1v) is 6.73. The molecule has 1 atom stereocenters. The number of nitrogens with two attached hydrogens (primary N) is 1. The summed E-state index contributed by atoms with van der Waals surface area (Å²) in [5.41, 5.74) is 8.52. The molecule has 2 nitrogen and oxygen atoms in total. The van der Waals surface area contributed by atoms with Crippen molar-refractivity contribution in [2.75, 3.05) is 7.11 Å². The van der Waals surface area contributed by atoms with Crippen LogP contribution in [0.3, 0.4) is 0 Å². The van der Waals surface area contributed by atoms with E-state index in [1.165, 1.54) is 6.07 Å². The molecule has 0 heterocycles. The van der Waals surface area contributed by atoms with E-state index in [1.54, 1.807) is 19.2 Å². The van der Waals surface area contributed by atoms with Crippen LogP contribution in [0.15, 0.2) is 36.4 Å². The number of hydrogen-bond donors (Lipinski definition) is 1. The molecular formula is C16H17ClFNO. The lowest BCUT2D eigenvalue weighted by Gasteiger charge is -2.17. The molecule has 0 saturated heterocycles. The average molecular weight is 294 g/mol. The van der Waals surface area contributed by atoms with Crippen LogP contribution in [0.1, 0.15) is 22.7 Å². The van der Waals surface area contributed by atoms with Gasteiger partial charge in [0.25, 0.3) is 0 Å². The Morgan fingerprint density at radius 1 is 1.30 bits per heavy atom. The monoisotopic (exact) mass is 293 g/mol. The first kappa shape index (κ1) is 14.8. The zero-order valence-corrected chi connectivity index (χ0v) is 12.2. The number of halogens is 2. The third-order valence-corrected chi connectivity index (χ3v) is 3.58. The van der Waals surface area contributed by atoms with Gasteiger partial charge in [0.15, 0.2) is 0 Å². The van der Waals surface area contributed by atoms with Gasteiger partial charge in [-0.15, -0.1) is 0 Å². The Hall–Kier alpha value is -1.58. The van der Waals surface area contributed by atoms with E-state index in [4.69, 9.17) is 22.1 Å². The zero-order valence-electron chi connectivity index (χ0n) is 11.5. The Morgan fingerprint density at radius 3 is 2.70 bits per heavy atom. The van der Waals surface area contributed by atoms with Gasteiger partial charge in [0.2, 0.25) is 0 Å². The Morgan fingerprint density at radius 2 is 2.05 bits per heavy atom. The van der Waals surface area contributed by atoms with Crippen molar-refractivity contribution in [1.82, 2.24) is 0 Å². The summed E-state index contributed by atoms with van der Waals surface area (Å²) in [5.74, 6) is 0.370. The molecule has 0 spiro atoms. The molecule has 0 aliphatic heterocycles. The van der Waals surface area contributed by atoms with E-state index in [1.807, 2.05) is 25.1 Å². The van der Waals surface area contributed by atoms with Crippen molar-refractivity contribution < 1.29 is 9.13 Å². The van der Waals surface area contributed by atoms with Crippen LogP contribution in [0.5, 0.6) is 5.75 Å². The van der Waals surface area contributed by atoms with Gasteiger partial charge in [-0.05, 0) is 37.1 Å². The van der Waals surface area contributed by atoms with Gasteiger partial charge in [-0.2, -0.15) is 0 Å². The number of ether oxygens (including phenoxy) is 1.